The molecule has 1 aromatic heterocycles. The SMILES string of the molecule is O=C1CCC(N2C(=O)c3ccc(C4CCN(CCCN5CCN(CCOc6ccc(C(=O)c7c(-c8ccc(F)cc8)sc8cc(B(O)O)ccc78)cc6)CC5)CC4)cc3C2=O)C(=O)N1. The van der Waals surface area contributed by atoms with Gasteiger partial charge in [-0.1, -0.05) is 30.3 Å². The van der Waals surface area contributed by atoms with E-state index in [-0.39, 0.29) is 36.3 Å². The van der Waals surface area contributed by atoms with Crippen molar-refractivity contribution in [3.8, 4) is 16.2 Å². The Labute approximate surface area is 374 Å². The van der Waals surface area contributed by atoms with Crippen LogP contribution < -0.4 is 15.5 Å². The molecule has 0 radical (unpaired) electrons. The maximum atomic E-state index is 14.0. The first-order chi connectivity index (χ1) is 31.0. The second-order valence-corrected chi connectivity index (χ2v) is 18.1. The monoisotopic (exact) mass is 885 g/mol. The van der Waals surface area contributed by atoms with Crippen LogP contribution in [0.5, 0.6) is 5.75 Å². The van der Waals surface area contributed by atoms with Crippen molar-refractivity contribution in [1.29, 1.82) is 0 Å². The first-order valence-corrected chi connectivity index (χ1v) is 22.8. The van der Waals surface area contributed by atoms with Gasteiger partial charge in [-0.3, -0.25) is 39.1 Å². The zero-order valence-corrected chi connectivity index (χ0v) is 36.2. The summed E-state index contributed by atoms with van der Waals surface area (Å²) in [5.41, 5.74) is 3.69. The van der Waals surface area contributed by atoms with Gasteiger partial charge in [-0.25, -0.2) is 4.39 Å². The minimum absolute atomic E-state index is 0.0954. The highest BCUT2D eigenvalue weighted by atomic mass is 32.1. The number of benzene rings is 4. The number of ketones is 1. The van der Waals surface area contributed by atoms with Gasteiger partial charge in [0, 0.05) is 65.2 Å². The number of nitrogens with one attached hydrogen (secondary N) is 1. The van der Waals surface area contributed by atoms with Gasteiger partial charge in [0.25, 0.3) is 11.8 Å². The molecule has 0 bridgehead atoms. The fourth-order valence-electron chi connectivity index (χ4n) is 9.43. The Morgan fingerprint density at radius 3 is 2.12 bits per heavy atom. The predicted octanol–water partition coefficient (Wildman–Crippen LogP) is 4.29. The fourth-order valence-corrected chi connectivity index (χ4v) is 10.7. The van der Waals surface area contributed by atoms with Gasteiger partial charge in [0.05, 0.1) is 11.1 Å². The summed E-state index contributed by atoms with van der Waals surface area (Å²) in [6, 6.07) is 22.6. The van der Waals surface area contributed by atoms with Gasteiger partial charge in [-0.05, 0) is 129 Å². The van der Waals surface area contributed by atoms with E-state index in [1.807, 2.05) is 12.1 Å². The lowest BCUT2D eigenvalue weighted by atomic mass is 9.80. The van der Waals surface area contributed by atoms with Crippen molar-refractivity contribution < 1.29 is 43.1 Å². The van der Waals surface area contributed by atoms with Gasteiger partial charge < -0.3 is 24.6 Å². The maximum Gasteiger partial charge on any atom is 0.488 e. The molecule has 1 atom stereocenters. The normalized spacial score (nSPS) is 19.0. The van der Waals surface area contributed by atoms with Crippen LogP contribution in [0, 0.1) is 5.82 Å². The number of hydrogen-bond acceptors (Lipinski definition) is 12. The number of ether oxygens (including phenoxy) is 1. The van der Waals surface area contributed by atoms with Crippen molar-refractivity contribution in [2.75, 3.05) is 65.5 Å². The summed E-state index contributed by atoms with van der Waals surface area (Å²) in [7, 11) is -1.64. The Kier molecular flexibility index (Phi) is 12.8. The molecular formula is C48H49BFN5O8S. The van der Waals surface area contributed by atoms with Crippen LogP contribution in [0.2, 0.25) is 0 Å². The molecule has 4 aliphatic heterocycles. The molecule has 5 aromatic rings. The number of amides is 4. The minimum atomic E-state index is -1.64. The fraction of sp³-hybridized carbons (Fsp3) is 0.354. The number of halogens is 1. The average molecular weight is 886 g/mol. The van der Waals surface area contributed by atoms with E-state index in [0.717, 1.165) is 93.3 Å². The van der Waals surface area contributed by atoms with Crippen molar-refractivity contribution in [3.63, 3.8) is 0 Å². The molecule has 0 spiro atoms. The molecule has 16 heteroatoms. The number of piperidine rings is 2. The van der Waals surface area contributed by atoms with Crippen LogP contribution in [0.25, 0.3) is 20.5 Å². The molecule has 9 rings (SSSR count). The smallest absolute Gasteiger partial charge is 0.488 e. The molecule has 1 unspecified atom stereocenters. The Balaban J connectivity index is 0.695. The molecule has 13 nitrogen and oxygen atoms in total. The Hall–Kier alpha value is -5.62. The molecule has 3 saturated heterocycles. The number of hydrogen-bond donors (Lipinski definition) is 3. The summed E-state index contributed by atoms with van der Waals surface area (Å²) in [5.74, 6) is -1.53. The zero-order chi connectivity index (χ0) is 44.5. The summed E-state index contributed by atoms with van der Waals surface area (Å²) in [4.78, 5) is 73.7. The summed E-state index contributed by atoms with van der Waals surface area (Å²) in [6.07, 6.45) is 3.25. The van der Waals surface area contributed by atoms with Crippen LogP contribution in [-0.2, 0) is 9.59 Å². The molecule has 4 aliphatic rings. The molecule has 4 amide bonds. The van der Waals surface area contributed by atoms with Crippen LogP contribution in [0.3, 0.4) is 0 Å². The number of carbonyl (C=O) groups excluding carboxylic acids is 5. The lowest BCUT2D eigenvalue weighted by molar-refractivity contribution is -0.136. The second-order valence-electron chi connectivity index (χ2n) is 17.0. The first-order valence-electron chi connectivity index (χ1n) is 22.0. The van der Waals surface area contributed by atoms with Crippen LogP contribution in [0.15, 0.2) is 84.9 Å². The number of rotatable bonds is 14. The summed E-state index contributed by atoms with van der Waals surface area (Å²) in [5, 5.41) is 22.4. The highest BCUT2D eigenvalue weighted by Crippen LogP contribution is 2.40. The van der Waals surface area contributed by atoms with E-state index in [9.17, 15) is 38.4 Å². The largest absolute Gasteiger partial charge is 0.492 e. The van der Waals surface area contributed by atoms with Crippen molar-refractivity contribution >= 4 is 63.4 Å². The van der Waals surface area contributed by atoms with Gasteiger partial charge in [-0.15, -0.1) is 11.3 Å². The lowest BCUT2D eigenvalue weighted by Crippen LogP contribution is -2.54. The molecule has 0 saturated carbocycles. The Morgan fingerprint density at radius 2 is 1.44 bits per heavy atom. The lowest BCUT2D eigenvalue weighted by Gasteiger charge is -2.36. The van der Waals surface area contributed by atoms with Crippen LogP contribution >= 0.6 is 11.3 Å². The average Bonchev–Trinajstić information content (AvgIpc) is 3.80. The standard InChI is InChI=1S/C48H49BFN5O8S/c50-35-8-2-32(3-9-35)45-43(38-13-7-34(49(61)62)29-41(38)64-45)44(57)31-4-10-36(11-5-31)63-27-26-54-24-22-53(23-25-54)19-1-18-52-20-16-30(17-21-52)33-6-12-37-39(28-33)48(60)55(47(37)59)40-14-15-42(56)51-46(40)58/h2-13,28-30,40,61-62H,1,14-27H2,(H,51,56,58). The molecule has 3 fully saturated rings. The highest BCUT2D eigenvalue weighted by Gasteiger charge is 2.45. The predicted molar refractivity (Wildman–Crippen MR) is 241 cm³/mol. The van der Waals surface area contributed by atoms with Crippen LogP contribution in [0.1, 0.15) is 80.2 Å². The number of carbonyl (C=O) groups is 5. The van der Waals surface area contributed by atoms with Gasteiger partial charge in [0.1, 0.15) is 24.2 Å². The van der Waals surface area contributed by atoms with E-state index in [1.54, 1.807) is 60.7 Å². The van der Waals surface area contributed by atoms with Crippen molar-refractivity contribution in [3.05, 3.63) is 119 Å². The third kappa shape index (κ3) is 9.16. The first kappa shape index (κ1) is 43.6. The number of fused-ring (bicyclic) bond motifs is 2. The summed E-state index contributed by atoms with van der Waals surface area (Å²) in [6.45, 7) is 9.24. The van der Waals surface area contributed by atoms with E-state index in [4.69, 9.17) is 4.74 Å². The third-order valence-electron chi connectivity index (χ3n) is 13.1. The maximum absolute atomic E-state index is 14.0. The van der Waals surface area contributed by atoms with Crippen molar-refractivity contribution in [2.45, 2.75) is 44.1 Å². The highest BCUT2D eigenvalue weighted by molar-refractivity contribution is 7.23. The molecule has 330 valence electrons. The van der Waals surface area contributed by atoms with Gasteiger partial charge in [0.15, 0.2) is 5.78 Å². The van der Waals surface area contributed by atoms with E-state index in [2.05, 4.69) is 20.0 Å². The van der Waals surface area contributed by atoms with Gasteiger partial charge in [0.2, 0.25) is 11.8 Å². The Bertz CT molecular complexity index is 2590. The number of imide groups is 2. The van der Waals surface area contributed by atoms with Crippen LogP contribution in [-0.4, -0.2) is 138 Å². The number of piperazine rings is 1. The summed E-state index contributed by atoms with van der Waals surface area (Å²) >= 11 is 1.35. The molecule has 3 N–H and O–H groups in total. The van der Waals surface area contributed by atoms with Crippen molar-refractivity contribution in [2.24, 2.45) is 0 Å². The molecule has 5 heterocycles. The van der Waals surface area contributed by atoms with Crippen LogP contribution in [0.4, 0.5) is 4.39 Å². The van der Waals surface area contributed by atoms with E-state index >= 15 is 0 Å². The topological polar surface area (TPSA) is 160 Å². The Morgan fingerprint density at radius 1 is 0.766 bits per heavy atom. The summed E-state index contributed by atoms with van der Waals surface area (Å²) < 4.78 is 20.6. The third-order valence-corrected chi connectivity index (χ3v) is 14.3. The minimum Gasteiger partial charge on any atom is -0.492 e. The number of thiophene rings is 1. The van der Waals surface area contributed by atoms with Gasteiger partial charge >= 0.3 is 7.12 Å². The van der Waals surface area contributed by atoms with Crippen molar-refractivity contribution in [1.82, 2.24) is 24.9 Å². The molecule has 64 heavy (non-hydrogen) atoms. The zero-order valence-electron chi connectivity index (χ0n) is 35.3. The van der Waals surface area contributed by atoms with E-state index in [1.165, 1.54) is 23.5 Å². The van der Waals surface area contributed by atoms with Gasteiger partial charge in [-0.2, -0.15) is 0 Å². The number of likely N-dealkylation sites (tertiary alicyclic amines) is 1. The second kappa shape index (κ2) is 18.8. The molecule has 4 aromatic carbocycles. The molecular weight excluding hydrogens is 836 g/mol. The molecule has 0 aliphatic carbocycles. The quantitative estimate of drug-likeness (QED) is 0.0831. The number of nitrogens with zero attached hydrogens (tertiary/aromatic N) is 4. The van der Waals surface area contributed by atoms with E-state index < -0.39 is 30.9 Å². The van der Waals surface area contributed by atoms with E-state index in [0.29, 0.717) is 55.9 Å².